The summed E-state index contributed by atoms with van der Waals surface area (Å²) in [5.41, 5.74) is 6.94. The Bertz CT molecular complexity index is 541. The molecule has 106 valence electrons. The van der Waals surface area contributed by atoms with Crippen LogP contribution in [0.15, 0.2) is 24.3 Å². The maximum atomic E-state index is 12.6. The van der Waals surface area contributed by atoms with E-state index in [9.17, 15) is 4.79 Å². The summed E-state index contributed by atoms with van der Waals surface area (Å²) < 4.78 is 0. The Morgan fingerprint density at radius 1 is 1.40 bits per heavy atom. The smallest absolute Gasteiger partial charge is 0.254 e. The number of amides is 1. The van der Waals surface area contributed by atoms with Crippen molar-refractivity contribution in [1.82, 2.24) is 4.90 Å². The van der Waals surface area contributed by atoms with Crippen LogP contribution in [0.2, 0.25) is 0 Å². The lowest BCUT2D eigenvalue weighted by Gasteiger charge is -2.36. The van der Waals surface area contributed by atoms with Gasteiger partial charge in [-0.3, -0.25) is 4.79 Å². The molecule has 2 atom stereocenters. The van der Waals surface area contributed by atoms with E-state index in [2.05, 4.69) is 25.7 Å². The Labute approximate surface area is 121 Å². The van der Waals surface area contributed by atoms with Crippen LogP contribution in [0.3, 0.4) is 0 Å². The van der Waals surface area contributed by atoms with Gasteiger partial charge in [-0.15, -0.1) is 0 Å². The van der Waals surface area contributed by atoms with Gasteiger partial charge in [0.1, 0.15) is 0 Å². The summed E-state index contributed by atoms with van der Waals surface area (Å²) in [5.74, 6) is 6.49. The molecule has 0 radical (unpaired) electrons. The monoisotopic (exact) mass is 270 g/mol. The van der Waals surface area contributed by atoms with Gasteiger partial charge in [-0.05, 0) is 43.9 Å². The molecule has 1 saturated heterocycles. The van der Waals surface area contributed by atoms with E-state index in [1.54, 1.807) is 0 Å². The standard InChI is InChI=1S/C17H22N2O/c1-13-8-9-14(2)19(12-13)17(20)16-7-3-5-15(11-16)6-4-10-18/h3,5,7,11,13-14H,8-10,12,18H2,1-2H3. The van der Waals surface area contributed by atoms with Crippen molar-refractivity contribution in [2.45, 2.75) is 32.7 Å². The van der Waals surface area contributed by atoms with E-state index in [4.69, 9.17) is 5.73 Å². The lowest BCUT2D eigenvalue weighted by Crippen LogP contribution is -2.44. The van der Waals surface area contributed by atoms with Crippen LogP contribution in [0, 0.1) is 17.8 Å². The molecule has 2 rings (SSSR count). The van der Waals surface area contributed by atoms with Gasteiger partial charge in [0.2, 0.25) is 0 Å². The maximum Gasteiger partial charge on any atom is 0.254 e. The highest BCUT2D eigenvalue weighted by Gasteiger charge is 2.27. The zero-order valence-corrected chi connectivity index (χ0v) is 12.2. The molecule has 3 nitrogen and oxygen atoms in total. The van der Waals surface area contributed by atoms with Crippen molar-refractivity contribution in [3.63, 3.8) is 0 Å². The second-order valence-corrected chi connectivity index (χ2v) is 5.58. The molecule has 1 aliphatic heterocycles. The van der Waals surface area contributed by atoms with Gasteiger partial charge in [0.25, 0.3) is 5.91 Å². The zero-order chi connectivity index (χ0) is 14.5. The van der Waals surface area contributed by atoms with Gasteiger partial charge >= 0.3 is 0 Å². The maximum absolute atomic E-state index is 12.6. The molecule has 0 saturated carbocycles. The highest BCUT2D eigenvalue weighted by Crippen LogP contribution is 2.23. The summed E-state index contributed by atoms with van der Waals surface area (Å²) in [6.45, 7) is 5.51. The molecular weight excluding hydrogens is 248 g/mol. The predicted octanol–water partition coefficient (Wildman–Crippen LogP) is 2.26. The van der Waals surface area contributed by atoms with Crippen LogP contribution in [0.1, 0.15) is 42.6 Å². The minimum Gasteiger partial charge on any atom is -0.336 e. The first-order valence-electron chi connectivity index (χ1n) is 7.21. The van der Waals surface area contributed by atoms with Crippen molar-refractivity contribution in [3.8, 4) is 11.8 Å². The average Bonchev–Trinajstić information content (AvgIpc) is 2.47. The Kier molecular flexibility index (Phi) is 4.81. The second kappa shape index (κ2) is 6.58. The summed E-state index contributed by atoms with van der Waals surface area (Å²) in [6, 6.07) is 7.82. The van der Waals surface area contributed by atoms with Crippen LogP contribution in [0.25, 0.3) is 0 Å². The Morgan fingerprint density at radius 2 is 2.20 bits per heavy atom. The van der Waals surface area contributed by atoms with E-state index in [0.29, 0.717) is 18.5 Å². The lowest BCUT2D eigenvalue weighted by atomic mass is 9.94. The van der Waals surface area contributed by atoms with Gasteiger partial charge in [0, 0.05) is 23.7 Å². The number of carbonyl (C=O) groups is 1. The Hall–Kier alpha value is -1.79. The summed E-state index contributed by atoms with van der Waals surface area (Å²) in [5, 5.41) is 0. The van der Waals surface area contributed by atoms with E-state index < -0.39 is 0 Å². The molecule has 0 aromatic heterocycles. The molecule has 1 amide bonds. The minimum absolute atomic E-state index is 0.112. The van der Waals surface area contributed by atoms with Crippen LogP contribution < -0.4 is 5.73 Å². The minimum atomic E-state index is 0.112. The van der Waals surface area contributed by atoms with E-state index >= 15 is 0 Å². The fourth-order valence-corrected chi connectivity index (χ4v) is 2.62. The number of likely N-dealkylation sites (tertiary alicyclic amines) is 1. The number of piperidine rings is 1. The molecule has 1 aromatic rings. The highest BCUT2D eigenvalue weighted by molar-refractivity contribution is 5.94. The molecule has 0 bridgehead atoms. The second-order valence-electron chi connectivity index (χ2n) is 5.58. The van der Waals surface area contributed by atoms with Crippen molar-refractivity contribution in [1.29, 1.82) is 0 Å². The lowest BCUT2D eigenvalue weighted by molar-refractivity contribution is 0.0574. The van der Waals surface area contributed by atoms with E-state index in [-0.39, 0.29) is 5.91 Å². The molecule has 1 aliphatic rings. The number of hydrogen-bond donors (Lipinski definition) is 1. The van der Waals surface area contributed by atoms with Gasteiger partial charge in [-0.2, -0.15) is 0 Å². The molecule has 20 heavy (non-hydrogen) atoms. The molecule has 1 aromatic carbocycles. The normalized spacial score (nSPS) is 22.1. The van der Waals surface area contributed by atoms with Crippen LogP contribution in [0.5, 0.6) is 0 Å². The van der Waals surface area contributed by atoms with Crippen LogP contribution in [-0.4, -0.2) is 29.9 Å². The Balaban J connectivity index is 2.20. The first kappa shape index (κ1) is 14.6. The van der Waals surface area contributed by atoms with E-state index in [0.717, 1.165) is 24.1 Å². The third kappa shape index (κ3) is 3.40. The van der Waals surface area contributed by atoms with E-state index in [1.165, 1.54) is 6.42 Å². The van der Waals surface area contributed by atoms with Gasteiger partial charge < -0.3 is 10.6 Å². The van der Waals surface area contributed by atoms with Crippen molar-refractivity contribution in [2.24, 2.45) is 11.7 Å². The number of nitrogens with two attached hydrogens (primary N) is 1. The topological polar surface area (TPSA) is 46.3 Å². The molecule has 2 N–H and O–H groups in total. The first-order chi connectivity index (χ1) is 9.61. The molecule has 0 aliphatic carbocycles. The number of benzene rings is 1. The quantitative estimate of drug-likeness (QED) is 0.796. The number of carbonyl (C=O) groups excluding carboxylic acids is 1. The zero-order valence-electron chi connectivity index (χ0n) is 12.2. The van der Waals surface area contributed by atoms with Gasteiger partial charge in [-0.1, -0.05) is 24.8 Å². The molecule has 1 heterocycles. The van der Waals surface area contributed by atoms with Crippen molar-refractivity contribution in [2.75, 3.05) is 13.1 Å². The van der Waals surface area contributed by atoms with Crippen molar-refractivity contribution < 1.29 is 4.79 Å². The fourth-order valence-electron chi connectivity index (χ4n) is 2.62. The van der Waals surface area contributed by atoms with Gasteiger partial charge in [-0.25, -0.2) is 0 Å². The number of rotatable bonds is 1. The molecule has 2 unspecified atom stereocenters. The SMILES string of the molecule is CC1CCC(C)N(C(=O)c2cccc(C#CCN)c2)C1. The molecular formula is C17H22N2O. The number of hydrogen-bond acceptors (Lipinski definition) is 2. The molecule has 0 spiro atoms. The fraction of sp³-hybridized carbons (Fsp3) is 0.471. The van der Waals surface area contributed by atoms with Crippen LogP contribution in [0.4, 0.5) is 0 Å². The average molecular weight is 270 g/mol. The van der Waals surface area contributed by atoms with Gasteiger partial charge in [0.05, 0.1) is 6.54 Å². The largest absolute Gasteiger partial charge is 0.336 e. The van der Waals surface area contributed by atoms with Crippen molar-refractivity contribution >= 4 is 5.91 Å². The predicted molar refractivity (Wildman–Crippen MR) is 81.3 cm³/mol. The van der Waals surface area contributed by atoms with Crippen LogP contribution in [-0.2, 0) is 0 Å². The summed E-state index contributed by atoms with van der Waals surface area (Å²) in [4.78, 5) is 14.6. The van der Waals surface area contributed by atoms with E-state index in [1.807, 2.05) is 29.2 Å². The summed E-state index contributed by atoms with van der Waals surface area (Å²) in [6.07, 6.45) is 2.28. The summed E-state index contributed by atoms with van der Waals surface area (Å²) in [7, 11) is 0. The summed E-state index contributed by atoms with van der Waals surface area (Å²) >= 11 is 0. The Morgan fingerprint density at radius 3 is 2.95 bits per heavy atom. The number of nitrogens with zero attached hydrogens (tertiary/aromatic N) is 1. The van der Waals surface area contributed by atoms with Crippen molar-refractivity contribution in [3.05, 3.63) is 35.4 Å². The van der Waals surface area contributed by atoms with Crippen LogP contribution >= 0.6 is 0 Å². The van der Waals surface area contributed by atoms with Gasteiger partial charge in [0.15, 0.2) is 0 Å². The molecule has 1 fully saturated rings. The molecule has 3 heteroatoms. The third-order valence-corrected chi connectivity index (χ3v) is 3.82. The highest BCUT2D eigenvalue weighted by atomic mass is 16.2. The third-order valence-electron chi connectivity index (χ3n) is 3.82. The first-order valence-corrected chi connectivity index (χ1v) is 7.21.